The minimum absolute atomic E-state index is 0.0716. The number of piperidine rings is 1. The van der Waals surface area contributed by atoms with Gasteiger partial charge in [-0.1, -0.05) is 64.7 Å². The van der Waals surface area contributed by atoms with Crippen molar-refractivity contribution in [3.05, 3.63) is 0 Å². The Hall–Kier alpha value is -1.14. The summed E-state index contributed by atoms with van der Waals surface area (Å²) in [7, 11) is 0. The maximum absolute atomic E-state index is 13.8. The maximum Gasteiger partial charge on any atom is 0.307 e. The standard InChI is InChI=1S/C29H52N2O4/c1-6-7-8-9-10-11-12-13-14-15-21-34-24(32)17-20-31-25(33)28(35-29(31)18-16-19-29)22-26(2,3)30-27(4,5)23-28/h30H,6-23H2,1-5H3. The summed E-state index contributed by atoms with van der Waals surface area (Å²) >= 11 is 0. The topological polar surface area (TPSA) is 67.9 Å². The van der Waals surface area contributed by atoms with Crippen molar-refractivity contribution in [2.24, 2.45) is 0 Å². The van der Waals surface area contributed by atoms with Gasteiger partial charge in [0, 0.05) is 30.5 Å². The molecule has 6 nitrogen and oxygen atoms in total. The van der Waals surface area contributed by atoms with Gasteiger partial charge >= 0.3 is 5.97 Å². The van der Waals surface area contributed by atoms with Gasteiger partial charge in [-0.2, -0.15) is 0 Å². The summed E-state index contributed by atoms with van der Waals surface area (Å²) in [5.74, 6) is -0.127. The van der Waals surface area contributed by atoms with Crippen molar-refractivity contribution in [2.75, 3.05) is 13.2 Å². The zero-order valence-electron chi connectivity index (χ0n) is 23.3. The van der Waals surface area contributed by atoms with Gasteiger partial charge in [-0.25, -0.2) is 0 Å². The highest BCUT2D eigenvalue weighted by molar-refractivity contribution is 5.89. The predicted molar refractivity (Wildman–Crippen MR) is 140 cm³/mol. The molecule has 1 N–H and O–H groups in total. The number of carbonyl (C=O) groups excluding carboxylic acids is 2. The van der Waals surface area contributed by atoms with Gasteiger partial charge in [-0.3, -0.25) is 9.59 Å². The number of ether oxygens (including phenoxy) is 2. The summed E-state index contributed by atoms with van der Waals surface area (Å²) in [6.45, 7) is 11.7. The molecule has 35 heavy (non-hydrogen) atoms. The van der Waals surface area contributed by atoms with Gasteiger partial charge < -0.3 is 19.7 Å². The van der Waals surface area contributed by atoms with Gasteiger partial charge in [0.15, 0.2) is 5.60 Å². The van der Waals surface area contributed by atoms with Gasteiger partial charge in [-0.15, -0.1) is 0 Å². The van der Waals surface area contributed by atoms with Crippen LogP contribution in [0.4, 0.5) is 0 Å². The molecule has 1 aliphatic carbocycles. The molecule has 0 aromatic rings. The first-order valence-electron chi connectivity index (χ1n) is 14.5. The number of amides is 1. The summed E-state index contributed by atoms with van der Waals surface area (Å²) in [6, 6.07) is 0. The van der Waals surface area contributed by atoms with Crippen LogP contribution >= 0.6 is 0 Å². The zero-order chi connectivity index (χ0) is 25.6. The molecule has 1 amide bonds. The van der Waals surface area contributed by atoms with E-state index in [0.717, 1.165) is 32.1 Å². The van der Waals surface area contributed by atoms with E-state index in [2.05, 4.69) is 39.9 Å². The fourth-order valence-electron chi connectivity index (χ4n) is 6.82. The Morgan fingerprint density at radius 1 is 0.914 bits per heavy atom. The van der Waals surface area contributed by atoms with Crippen molar-refractivity contribution < 1.29 is 19.1 Å². The highest BCUT2D eigenvalue weighted by atomic mass is 16.6. The smallest absolute Gasteiger partial charge is 0.307 e. The highest BCUT2D eigenvalue weighted by Gasteiger charge is 2.66. The molecule has 0 aromatic carbocycles. The summed E-state index contributed by atoms with van der Waals surface area (Å²) in [4.78, 5) is 28.1. The lowest BCUT2D eigenvalue weighted by molar-refractivity contribution is -0.202. The Labute approximate surface area is 214 Å². The largest absolute Gasteiger partial charge is 0.466 e. The fraction of sp³-hybridized carbons (Fsp3) is 0.931. The molecule has 1 saturated carbocycles. The van der Waals surface area contributed by atoms with Crippen molar-refractivity contribution in [3.8, 4) is 0 Å². The number of hydrogen-bond donors (Lipinski definition) is 1. The molecule has 2 aliphatic heterocycles. The number of nitrogens with one attached hydrogen (secondary N) is 1. The Balaban J connectivity index is 1.38. The molecular formula is C29H52N2O4. The highest BCUT2D eigenvalue weighted by Crippen LogP contribution is 2.53. The van der Waals surface area contributed by atoms with Crippen molar-refractivity contribution in [3.63, 3.8) is 0 Å². The Morgan fingerprint density at radius 3 is 1.97 bits per heavy atom. The molecule has 3 fully saturated rings. The Bertz CT molecular complexity index is 697. The van der Waals surface area contributed by atoms with Crippen LogP contribution in [-0.4, -0.2) is 52.3 Å². The van der Waals surface area contributed by atoms with Gasteiger partial charge in [0.05, 0.1) is 13.0 Å². The Morgan fingerprint density at radius 2 is 1.46 bits per heavy atom. The monoisotopic (exact) mass is 492 g/mol. The molecule has 0 radical (unpaired) electrons. The second kappa shape index (κ2) is 11.9. The molecule has 0 unspecified atom stereocenters. The van der Waals surface area contributed by atoms with Crippen LogP contribution in [0.2, 0.25) is 0 Å². The summed E-state index contributed by atoms with van der Waals surface area (Å²) in [6.07, 6.45) is 17.0. The van der Waals surface area contributed by atoms with Crippen LogP contribution in [0, 0.1) is 0 Å². The molecule has 3 aliphatic rings. The third kappa shape index (κ3) is 7.44. The van der Waals surface area contributed by atoms with Crippen LogP contribution in [0.3, 0.4) is 0 Å². The molecule has 0 bridgehead atoms. The predicted octanol–water partition coefficient (Wildman–Crippen LogP) is 6.26. The molecule has 202 valence electrons. The van der Waals surface area contributed by atoms with Crippen LogP contribution in [0.1, 0.15) is 137 Å². The average Bonchev–Trinajstić information content (AvgIpc) is 2.95. The van der Waals surface area contributed by atoms with E-state index in [1.165, 1.54) is 51.4 Å². The molecular weight excluding hydrogens is 440 g/mol. The molecule has 2 spiro atoms. The normalized spacial score (nSPS) is 23.6. The van der Waals surface area contributed by atoms with Crippen molar-refractivity contribution in [1.29, 1.82) is 0 Å². The molecule has 3 rings (SSSR count). The van der Waals surface area contributed by atoms with Gasteiger partial charge in [0.2, 0.25) is 0 Å². The first kappa shape index (κ1) is 28.4. The van der Waals surface area contributed by atoms with Gasteiger partial charge in [0.1, 0.15) is 5.72 Å². The Kier molecular flexibility index (Phi) is 9.70. The number of unbranched alkanes of at least 4 members (excludes halogenated alkanes) is 9. The number of rotatable bonds is 14. The van der Waals surface area contributed by atoms with Crippen LogP contribution in [0.25, 0.3) is 0 Å². The fourth-order valence-corrected chi connectivity index (χ4v) is 6.82. The zero-order valence-corrected chi connectivity index (χ0v) is 23.3. The van der Waals surface area contributed by atoms with E-state index in [1.807, 2.05) is 4.90 Å². The molecule has 2 saturated heterocycles. The van der Waals surface area contributed by atoms with E-state index in [0.29, 0.717) is 26.0 Å². The van der Waals surface area contributed by atoms with E-state index < -0.39 is 11.3 Å². The third-order valence-electron chi connectivity index (χ3n) is 8.08. The minimum Gasteiger partial charge on any atom is -0.466 e. The number of esters is 1. The summed E-state index contributed by atoms with van der Waals surface area (Å²) in [5, 5.41) is 3.66. The van der Waals surface area contributed by atoms with Gasteiger partial charge in [-0.05, 0) is 53.4 Å². The minimum atomic E-state index is -0.793. The second-order valence-electron chi connectivity index (χ2n) is 12.8. The quantitative estimate of drug-likeness (QED) is 0.229. The number of carbonyl (C=O) groups is 2. The molecule has 0 aromatic heterocycles. The van der Waals surface area contributed by atoms with E-state index in [1.54, 1.807) is 0 Å². The van der Waals surface area contributed by atoms with E-state index in [-0.39, 0.29) is 29.4 Å². The van der Waals surface area contributed by atoms with Crippen LogP contribution in [-0.2, 0) is 19.1 Å². The maximum atomic E-state index is 13.8. The molecule has 6 heteroatoms. The van der Waals surface area contributed by atoms with Crippen molar-refractivity contribution in [2.45, 2.75) is 160 Å². The van der Waals surface area contributed by atoms with Crippen LogP contribution < -0.4 is 5.32 Å². The second-order valence-corrected chi connectivity index (χ2v) is 12.8. The van der Waals surface area contributed by atoms with Crippen molar-refractivity contribution >= 4 is 11.9 Å². The van der Waals surface area contributed by atoms with Gasteiger partial charge in [0.25, 0.3) is 5.91 Å². The lowest BCUT2D eigenvalue weighted by Crippen LogP contribution is -2.65. The molecule has 2 heterocycles. The SMILES string of the molecule is CCCCCCCCCCCCOC(=O)CCN1C(=O)C2(CC(C)(C)NC(C)(C)C2)OC12CCC2. The third-order valence-corrected chi connectivity index (χ3v) is 8.08. The first-order valence-corrected chi connectivity index (χ1v) is 14.5. The first-order chi connectivity index (χ1) is 16.5. The van der Waals surface area contributed by atoms with Crippen LogP contribution in [0.15, 0.2) is 0 Å². The van der Waals surface area contributed by atoms with E-state index in [9.17, 15) is 9.59 Å². The molecule has 0 atom stereocenters. The van der Waals surface area contributed by atoms with Crippen LogP contribution in [0.5, 0.6) is 0 Å². The lowest BCUT2D eigenvalue weighted by atomic mass is 9.72. The number of nitrogens with zero attached hydrogens (tertiary/aromatic N) is 1. The summed E-state index contributed by atoms with van der Waals surface area (Å²) < 4.78 is 12.2. The van der Waals surface area contributed by atoms with E-state index in [4.69, 9.17) is 9.47 Å². The summed E-state index contributed by atoms with van der Waals surface area (Å²) in [5.41, 5.74) is -1.69. The number of hydrogen-bond acceptors (Lipinski definition) is 5. The van der Waals surface area contributed by atoms with E-state index >= 15 is 0 Å². The van der Waals surface area contributed by atoms with Crippen molar-refractivity contribution in [1.82, 2.24) is 10.2 Å². The lowest BCUT2D eigenvalue weighted by Gasteiger charge is -2.51. The average molecular weight is 493 g/mol.